The molecule has 2 heterocycles. The SMILES string of the molecule is Cc1nn(C)c2onc(-c3ccccc3)c12. The second-order valence-corrected chi connectivity index (χ2v) is 3.79. The summed E-state index contributed by atoms with van der Waals surface area (Å²) in [5, 5.41) is 9.42. The van der Waals surface area contributed by atoms with Crippen LogP contribution in [0.2, 0.25) is 0 Å². The van der Waals surface area contributed by atoms with Crippen molar-refractivity contribution in [2.45, 2.75) is 6.92 Å². The minimum atomic E-state index is 0.719. The Balaban J connectivity index is 2.33. The first-order valence-corrected chi connectivity index (χ1v) is 5.12. The number of benzene rings is 1. The summed E-state index contributed by atoms with van der Waals surface area (Å²) in [6, 6.07) is 9.99. The van der Waals surface area contributed by atoms with E-state index in [0.29, 0.717) is 0 Å². The Hall–Kier alpha value is -2.10. The van der Waals surface area contributed by atoms with E-state index in [2.05, 4.69) is 10.3 Å². The highest BCUT2D eigenvalue weighted by Crippen LogP contribution is 2.29. The molecule has 0 aliphatic rings. The molecular weight excluding hydrogens is 202 g/mol. The standard InChI is InChI=1S/C12H11N3O/c1-8-10-11(9-6-4-3-5-7-9)14-16-12(10)15(2)13-8/h3-7H,1-2H3. The summed E-state index contributed by atoms with van der Waals surface area (Å²) in [6.45, 7) is 1.96. The van der Waals surface area contributed by atoms with Gasteiger partial charge in [0.05, 0.1) is 11.1 Å². The van der Waals surface area contributed by atoms with E-state index >= 15 is 0 Å². The van der Waals surface area contributed by atoms with Crippen molar-refractivity contribution >= 4 is 11.1 Å². The lowest BCUT2D eigenvalue weighted by Crippen LogP contribution is -1.88. The van der Waals surface area contributed by atoms with E-state index in [-0.39, 0.29) is 0 Å². The highest BCUT2D eigenvalue weighted by molar-refractivity contribution is 5.91. The lowest BCUT2D eigenvalue weighted by Gasteiger charge is -1.93. The van der Waals surface area contributed by atoms with Crippen LogP contribution in [0.15, 0.2) is 34.9 Å². The van der Waals surface area contributed by atoms with Crippen LogP contribution in [-0.2, 0) is 7.05 Å². The van der Waals surface area contributed by atoms with Crippen molar-refractivity contribution < 1.29 is 4.52 Å². The van der Waals surface area contributed by atoms with Crippen molar-refractivity contribution in [1.29, 1.82) is 0 Å². The fourth-order valence-corrected chi connectivity index (χ4v) is 1.94. The molecule has 0 radical (unpaired) electrons. The monoisotopic (exact) mass is 213 g/mol. The average Bonchev–Trinajstić information content (AvgIpc) is 2.84. The number of hydrogen-bond donors (Lipinski definition) is 0. The second-order valence-electron chi connectivity index (χ2n) is 3.79. The van der Waals surface area contributed by atoms with Crippen molar-refractivity contribution in [2.75, 3.05) is 0 Å². The molecule has 4 heteroatoms. The molecule has 0 fully saturated rings. The zero-order chi connectivity index (χ0) is 11.1. The smallest absolute Gasteiger partial charge is 0.256 e. The summed E-state index contributed by atoms with van der Waals surface area (Å²) in [4.78, 5) is 0. The van der Waals surface area contributed by atoms with E-state index in [1.807, 2.05) is 44.3 Å². The lowest BCUT2D eigenvalue weighted by atomic mass is 10.1. The van der Waals surface area contributed by atoms with E-state index in [1.54, 1.807) is 4.68 Å². The van der Waals surface area contributed by atoms with E-state index in [4.69, 9.17) is 4.52 Å². The molecule has 0 amide bonds. The van der Waals surface area contributed by atoms with Crippen LogP contribution in [0.3, 0.4) is 0 Å². The second kappa shape index (κ2) is 3.20. The van der Waals surface area contributed by atoms with E-state index in [0.717, 1.165) is 28.1 Å². The highest BCUT2D eigenvalue weighted by Gasteiger charge is 2.16. The third-order valence-corrected chi connectivity index (χ3v) is 2.68. The van der Waals surface area contributed by atoms with Crippen LogP contribution < -0.4 is 0 Å². The first kappa shape index (κ1) is 9.15. The molecule has 0 spiro atoms. The van der Waals surface area contributed by atoms with Gasteiger partial charge in [-0.3, -0.25) is 0 Å². The maximum Gasteiger partial charge on any atom is 0.256 e. The van der Waals surface area contributed by atoms with Crippen LogP contribution in [0.25, 0.3) is 22.4 Å². The Morgan fingerprint density at radius 2 is 1.94 bits per heavy atom. The lowest BCUT2D eigenvalue weighted by molar-refractivity contribution is 0.435. The predicted octanol–water partition coefficient (Wildman–Crippen LogP) is 2.54. The van der Waals surface area contributed by atoms with Gasteiger partial charge in [0.2, 0.25) is 0 Å². The fourth-order valence-electron chi connectivity index (χ4n) is 1.94. The van der Waals surface area contributed by atoms with E-state index in [9.17, 15) is 0 Å². The number of rotatable bonds is 1. The van der Waals surface area contributed by atoms with Crippen LogP contribution in [-0.4, -0.2) is 14.9 Å². The number of hydrogen-bond acceptors (Lipinski definition) is 3. The molecule has 0 bridgehead atoms. The Labute approximate surface area is 92.5 Å². The molecule has 0 saturated carbocycles. The third kappa shape index (κ3) is 1.16. The van der Waals surface area contributed by atoms with Crippen molar-refractivity contribution in [2.24, 2.45) is 7.05 Å². The summed E-state index contributed by atoms with van der Waals surface area (Å²) in [5.74, 6) is 0. The fraction of sp³-hybridized carbons (Fsp3) is 0.167. The third-order valence-electron chi connectivity index (χ3n) is 2.68. The predicted molar refractivity (Wildman–Crippen MR) is 60.9 cm³/mol. The highest BCUT2D eigenvalue weighted by atomic mass is 16.5. The maximum absolute atomic E-state index is 5.31. The summed E-state index contributed by atoms with van der Waals surface area (Å²) in [5.41, 5.74) is 3.58. The van der Waals surface area contributed by atoms with Gasteiger partial charge in [-0.2, -0.15) is 5.10 Å². The maximum atomic E-state index is 5.31. The molecule has 3 rings (SSSR count). The molecule has 0 atom stereocenters. The van der Waals surface area contributed by atoms with Gasteiger partial charge >= 0.3 is 0 Å². The summed E-state index contributed by atoms with van der Waals surface area (Å²) >= 11 is 0. The van der Waals surface area contributed by atoms with E-state index < -0.39 is 0 Å². The minimum absolute atomic E-state index is 0.719. The molecule has 80 valence electrons. The van der Waals surface area contributed by atoms with Gasteiger partial charge in [-0.25, -0.2) is 4.68 Å². The molecule has 0 N–H and O–H groups in total. The van der Waals surface area contributed by atoms with Gasteiger partial charge in [-0.1, -0.05) is 35.5 Å². The van der Waals surface area contributed by atoms with Crippen molar-refractivity contribution in [3.63, 3.8) is 0 Å². The molecule has 1 aromatic carbocycles. The quantitative estimate of drug-likeness (QED) is 0.624. The molecule has 0 aliphatic carbocycles. The van der Waals surface area contributed by atoms with Crippen molar-refractivity contribution in [3.05, 3.63) is 36.0 Å². The Kier molecular flexibility index (Phi) is 1.83. The summed E-state index contributed by atoms with van der Waals surface area (Å²) < 4.78 is 7.02. The van der Waals surface area contributed by atoms with Gasteiger partial charge in [-0.15, -0.1) is 0 Å². The number of aryl methyl sites for hydroxylation is 2. The average molecular weight is 213 g/mol. The van der Waals surface area contributed by atoms with Gasteiger partial charge in [0.25, 0.3) is 5.71 Å². The van der Waals surface area contributed by atoms with Gasteiger partial charge in [0.1, 0.15) is 5.69 Å². The zero-order valence-electron chi connectivity index (χ0n) is 9.14. The molecule has 0 aliphatic heterocycles. The molecule has 4 nitrogen and oxygen atoms in total. The Morgan fingerprint density at radius 3 is 2.69 bits per heavy atom. The largest absolute Gasteiger partial charge is 0.335 e. The zero-order valence-corrected chi connectivity index (χ0v) is 9.14. The van der Waals surface area contributed by atoms with Gasteiger partial charge in [0, 0.05) is 12.6 Å². The molecule has 3 aromatic rings. The van der Waals surface area contributed by atoms with Gasteiger partial charge in [0.15, 0.2) is 0 Å². The van der Waals surface area contributed by atoms with Gasteiger partial charge < -0.3 is 4.52 Å². The molecule has 0 saturated heterocycles. The Morgan fingerprint density at radius 1 is 1.19 bits per heavy atom. The molecule has 0 unspecified atom stereocenters. The Bertz CT molecular complexity index is 637. The van der Waals surface area contributed by atoms with Crippen molar-refractivity contribution in [3.8, 4) is 11.3 Å². The minimum Gasteiger partial charge on any atom is -0.335 e. The summed E-state index contributed by atoms with van der Waals surface area (Å²) in [7, 11) is 1.86. The summed E-state index contributed by atoms with van der Waals surface area (Å²) in [6.07, 6.45) is 0. The molecule has 2 aromatic heterocycles. The van der Waals surface area contributed by atoms with Gasteiger partial charge in [-0.05, 0) is 6.92 Å². The number of aromatic nitrogens is 3. The number of nitrogens with zero attached hydrogens (tertiary/aromatic N) is 3. The van der Waals surface area contributed by atoms with Crippen molar-refractivity contribution in [1.82, 2.24) is 14.9 Å². The van der Waals surface area contributed by atoms with Crippen LogP contribution in [0.5, 0.6) is 0 Å². The first-order chi connectivity index (χ1) is 7.77. The first-order valence-electron chi connectivity index (χ1n) is 5.12. The van der Waals surface area contributed by atoms with Crippen LogP contribution >= 0.6 is 0 Å². The van der Waals surface area contributed by atoms with Crippen LogP contribution in [0.1, 0.15) is 5.69 Å². The molecule has 16 heavy (non-hydrogen) atoms. The normalized spacial score (nSPS) is 11.1. The van der Waals surface area contributed by atoms with E-state index in [1.165, 1.54) is 0 Å². The topological polar surface area (TPSA) is 43.9 Å². The number of fused-ring (bicyclic) bond motifs is 1. The van der Waals surface area contributed by atoms with Crippen LogP contribution in [0, 0.1) is 6.92 Å². The molecular formula is C12H11N3O. The van der Waals surface area contributed by atoms with Crippen LogP contribution in [0.4, 0.5) is 0 Å².